The van der Waals surface area contributed by atoms with Crippen LogP contribution in [0, 0.1) is 0 Å². The Hall–Kier alpha value is -1.71. The number of hydrogen-bond donors (Lipinski definition) is 1. The van der Waals surface area contributed by atoms with Gasteiger partial charge in [-0.2, -0.15) is 0 Å². The van der Waals surface area contributed by atoms with Crippen LogP contribution in [0.15, 0.2) is 54.1 Å². The molecule has 100 valence electrons. The smallest absolute Gasteiger partial charge is 0.192 e. The van der Waals surface area contributed by atoms with Crippen LogP contribution in [0.4, 0.5) is 0 Å². The lowest BCUT2D eigenvalue weighted by Crippen LogP contribution is -2.31. The summed E-state index contributed by atoms with van der Waals surface area (Å²) in [6.45, 7) is 2.48. The molecule has 0 radical (unpaired) electrons. The number of aliphatic hydroxyl groups is 1. The van der Waals surface area contributed by atoms with E-state index in [1.54, 1.807) is 30.4 Å². The molecule has 1 aromatic carbocycles. The Labute approximate surface area is 113 Å². The normalized spacial score (nSPS) is 22.1. The van der Waals surface area contributed by atoms with Gasteiger partial charge in [0.25, 0.3) is 0 Å². The molecule has 1 aliphatic carbocycles. The maximum Gasteiger partial charge on any atom is 0.192 e. The van der Waals surface area contributed by atoms with Gasteiger partial charge in [-0.1, -0.05) is 49.4 Å². The van der Waals surface area contributed by atoms with Gasteiger partial charge in [-0.05, 0) is 12.5 Å². The fraction of sp³-hybridized carbons (Fsp3) is 0.312. The second kappa shape index (κ2) is 5.95. The summed E-state index contributed by atoms with van der Waals surface area (Å²) in [7, 11) is 0. The molecule has 0 bridgehead atoms. The summed E-state index contributed by atoms with van der Waals surface area (Å²) < 4.78 is 5.37. The van der Waals surface area contributed by atoms with Gasteiger partial charge in [0.2, 0.25) is 0 Å². The van der Waals surface area contributed by atoms with E-state index in [1.807, 2.05) is 25.1 Å². The van der Waals surface area contributed by atoms with Crippen LogP contribution in [0.25, 0.3) is 0 Å². The SMILES string of the molecule is CCCOC1(O)C=CC(C(=O)c2ccccc2)=CC1. The zero-order valence-electron chi connectivity index (χ0n) is 11.0. The first kappa shape index (κ1) is 13.7. The van der Waals surface area contributed by atoms with E-state index in [-0.39, 0.29) is 5.78 Å². The van der Waals surface area contributed by atoms with Crippen LogP contribution in [0.5, 0.6) is 0 Å². The molecule has 0 fully saturated rings. The molecule has 1 aliphatic rings. The molecule has 0 saturated heterocycles. The van der Waals surface area contributed by atoms with Crippen LogP contribution < -0.4 is 0 Å². The number of benzene rings is 1. The molecule has 0 heterocycles. The van der Waals surface area contributed by atoms with Gasteiger partial charge in [-0.3, -0.25) is 4.79 Å². The van der Waals surface area contributed by atoms with E-state index in [0.717, 1.165) is 6.42 Å². The second-order valence-electron chi connectivity index (χ2n) is 4.59. The molecule has 3 nitrogen and oxygen atoms in total. The van der Waals surface area contributed by atoms with Gasteiger partial charge in [0.1, 0.15) is 0 Å². The third-order valence-electron chi connectivity index (χ3n) is 2.99. The molecule has 0 spiro atoms. The van der Waals surface area contributed by atoms with Crippen LogP contribution in [0.3, 0.4) is 0 Å². The Morgan fingerprint density at radius 1 is 1.37 bits per heavy atom. The maximum absolute atomic E-state index is 12.2. The lowest BCUT2D eigenvalue weighted by Gasteiger charge is -2.26. The standard InChI is InChI=1S/C16H18O3/c1-2-12-19-16(18)10-8-14(9-11-16)15(17)13-6-4-3-5-7-13/h3-10,18H,2,11-12H2,1H3. The van der Waals surface area contributed by atoms with Crippen molar-refractivity contribution in [1.82, 2.24) is 0 Å². The van der Waals surface area contributed by atoms with E-state index < -0.39 is 5.79 Å². The predicted molar refractivity (Wildman–Crippen MR) is 73.8 cm³/mol. The van der Waals surface area contributed by atoms with Gasteiger partial charge in [0.05, 0.1) is 6.61 Å². The maximum atomic E-state index is 12.2. The van der Waals surface area contributed by atoms with Crippen LogP contribution in [-0.4, -0.2) is 23.3 Å². The summed E-state index contributed by atoms with van der Waals surface area (Å²) in [4.78, 5) is 12.2. The minimum atomic E-state index is -1.27. The van der Waals surface area contributed by atoms with E-state index in [2.05, 4.69) is 0 Å². The summed E-state index contributed by atoms with van der Waals surface area (Å²) in [5.74, 6) is -1.30. The highest BCUT2D eigenvalue weighted by molar-refractivity contribution is 6.10. The van der Waals surface area contributed by atoms with E-state index >= 15 is 0 Å². The molecule has 1 N–H and O–H groups in total. The van der Waals surface area contributed by atoms with Crippen molar-refractivity contribution in [2.24, 2.45) is 0 Å². The molecular weight excluding hydrogens is 240 g/mol. The summed E-state index contributed by atoms with van der Waals surface area (Å²) >= 11 is 0. The fourth-order valence-electron chi connectivity index (χ4n) is 1.92. The Balaban J connectivity index is 2.06. The number of Topliss-reactive ketones (excluding diaryl/α,β-unsaturated/α-hetero) is 1. The highest BCUT2D eigenvalue weighted by atomic mass is 16.6. The first-order valence-electron chi connectivity index (χ1n) is 6.50. The van der Waals surface area contributed by atoms with Gasteiger partial charge in [-0.25, -0.2) is 0 Å². The zero-order chi connectivity index (χ0) is 13.7. The first-order chi connectivity index (χ1) is 9.14. The summed E-state index contributed by atoms with van der Waals surface area (Å²) in [5, 5.41) is 10.1. The van der Waals surface area contributed by atoms with Gasteiger partial charge < -0.3 is 9.84 Å². The molecule has 1 unspecified atom stereocenters. The van der Waals surface area contributed by atoms with Crippen LogP contribution in [-0.2, 0) is 4.74 Å². The fourth-order valence-corrected chi connectivity index (χ4v) is 1.92. The molecule has 3 heteroatoms. The zero-order valence-corrected chi connectivity index (χ0v) is 11.0. The molecule has 1 aromatic rings. The number of rotatable bonds is 5. The number of allylic oxidation sites excluding steroid dienone is 2. The van der Waals surface area contributed by atoms with Crippen molar-refractivity contribution >= 4 is 5.78 Å². The van der Waals surface area contributed by atoms with E-state index in [0.29, 0.717) is 24.2 Å². The summed E-state index contributed by atoms with van der Waals surface area (Å²) in [5.41, 5.74) is 1.24. The van der Waals surface area contributed by atoms with E-state index in [1.165, 1.54) is 0 Å². The van der Waals surface area contributed by atoms with Crippen molar-refractivity contribution in [3.05, 3.63) is 59.7 Å². The molecule has 1 atom stereocenters. The van der Waals surface area contributed by atoms with Crippen LogP contribution >= 0.6 is 0 Å². The van der Waals surface area contributed by atoms with Crippen LogP contribution in [0.2, 0.25) is 0 Å². The Morgan fingerprint density at radius 2 is 2.11 bits per heavy atom. The third kappa shape index (κ3) is 3.40. The van der Waals surface area contributed by atoms with E-state index in [4.69, 9.17) is 4.74 Å². The largest absolute Gasteiger partial charge is 0.362 e. The Bertz CT molecular complexity index is 502. The monoisotopic (exact) mass is 258 g/mol. The topological polar surface area (TPSA) is 46.5 Å². The van der Waals surface area contributed by atoms with Gasteiger partial charge in [-0.15, -0.1) is 0 Å². The lowest BCUT2D eigenvalue weighted by atomic mass is 9.95. The van der Waals surface area contributed by atoms with Gasteiger partial charge in [0.15, 0.2) is 11.6 Å². The number of carbonyl (C=O) groups excluding carboxylic acids is 1. The van der Waals surface area contributed by atoms with Crippen molar-refractivity contribution in [2.75, 3.05) is 6.61 Å². The first-order valence-corrected chi connectivity index (χ1v) is 6.50. The van der Waals surface area contributed by atoms with Crippen molar-refractivity contribution in [1.29, 1.82) is 0 Å². The number of ether oxygens (including phenoxy) is 1. The molecular formula is C16H18O3. The number of carbonyl (C=O) groups is 1. The van der Waals surface area contributed by atoms with Crippen molar-refractivity contribution in [2.45, 2.75) is 25.6 Å². The highest BCUT2D eigenvalue weighted by Gasteiger charge is 2.27. The van der Waals surface area contributed by atoms with Crippen molar-refractivity contribution in [3.8, 4) is 0 Å². The molecule has 19 heavy (non-hydrogen) atoms. The Morgan fingerprint density at radius 3 is 2.68 bits per heavy atom. The van der Waals surface area contributed by atoms with Crippen LogP contribution in [0.1, 0.15) is 30.1 Å². The average molecular weight is 258 g/mol. The Kier molecular flexibility index (Phi) is 4.30. The third-order valence-corrected chi connectivity index (χ3v) is 2.99. The van der Waals surface area contributed by atoms with E-state index in [9.17, 15) is 9.90 Å². The number of hydrogen-bond acceptors (Lipinski definition) is 3. The molecule has 0 aliphatic heterocycles. The second-order valence-corrected chi connectivity index (χ2v) is 4.59. The van der Waals surface area contributed by atoms with Gasteiger partial charge >= 0.3 is 0 Å². The minimum absolute atomic E-state index is 0.0330. The highest BCUT2D eigenvalue weighted by Crippen LogP contribution is 2.24. The summed E-state index contributed by atoms with van der Waals surface area (Å²) in [6.07, 6.45) is 6.06. The lowest BCUT2D eigenvalue weighted by molar-refractivity contribution is -0.164. The average Bonchev–Trinajstić information content (AvgIpc) is 2.46. The predicted octanol–water partition coefficient (Wildman–Crippen LogP) is 2.87. The van der Waals surface area contributed by atoms with Gasteiger partial charge in [0, 0.05) is 17.6 Å². The minimum Gasteiger partial charge on any atom is -0.362 e. The van der Waals surface area contributed by atoms with Crippen molar-refractivity contribution < 1.29 is 14.6 Å². The molecule has 2 rings (SSSR count). The molecule has 0 aromatic heterocycles. The molecule has 0 saturated carbocycles. The quantitative estimate of drug-likeness (QED) is 0.652. The summed E-state index contributed by atoms with van der Waals surface area (Å²) in [6, 6.07) is 9.11. The molecule has 0 amide bonds. The number of ketones is 1. The van der Waals surface area contributed by atoms with Crippen molar-refractivity contribution in [3.63, 3.8) is 0 Å².